The molecule has 0 spiro atoms. The molecule has 1 aromatic carbocycles. The van der Waals surface area contributed by atoms with E-state index in [0.29, 0.717) is 16.5 Å². The molecule has 18 heavy (non-hydrogen) atoms. The second-order valence-corrected chi connectivity index (χ2v) is 5.69. The summed E-state index contributed by atoms with van der Waals surface area (Å²) in [4.78, 5) is 4.91. The average molecular weight is 322 g/mol. The van der Waals surface area contributed by atoms with E-state index in [1.54, 1.807) is 0 Å². The molecule has 0 fully saturated rings. The minimum absolute atomic E-state index is 0.0623. The van der Waals surface area contributed by atoms with Gasteiger partial charge in [0, 0.05) is 16.5 Å². The second kappa shape index (κ2) is 4.75. The van der Waals surface area contributed by atoms with E-state index in [-0.39, 0.29) is 11.8 Å². The van der Waals surface area contributed by atoms with E-state index >= 15 is 0 Å². The second-order valence-electron chi connectivity index (χ2n) is 4.84. The number of hydrogen-bond acceptors (Lipinski definition) is 3. The Morgan fingerprint density at radius 1 is 1.50 bits per heavy atom. The molecule has 100 valence electrons. The maximum absolute atomic E-state index is 13.8. The molecule has 6 heteroatoms. The van der Waals surface area contributed by atoms with Crippen LogP contribution in [0.4, 0.5) is 8.78 Å². The zero-order valence-corrected chi connectivity index (χ0v) is 11.9. The summed E-state index contributed by atoms with van der Waals surface area (Å²) in [5.74, 6) is -1.97. The summed E-state index contributed by atoms with van der Waals surface area (Å²) in [6.07, 6.45) is 0.581. The van der Waals surface area contributed by atoms with E-state index in [9.17, 15) is 8.78 Å². The standard InChI is InChI=1S/C12H14BrF2NO2/c1-12(2)5-8(16-17-3)9-6(13)4-7(14)10(15)11(9)18-12/h4,8,16H,5H2,1-3H3. The molecule has 0 saturated carbocycles. The van der Waals surface area contributed by atoms with Crippen LogP contribution in [-0.2, 0) is 4.84 Å². The molecule has 0 bridgehead atoms. The van der Waals surface area contributed by atoms with Crippen molar-refractivity contribution in [1.29, 1.82) is 0 Å². The van der Waals surface area contributed by atoms with Crippen LogP contribution in [0.1, 0.15) is 31.9 Å². The number of benzene rings is 1. The van der Waals surface area contributed by atoms with Gasteiger partial charge >= 0.3 is 0 Å². The van der Waals surface area contributed by atoms with Crippen LogP contribution >= 0.6 is 15.9 Å². The molecule has 1 atom stereocenters. The predicted molar refractivity (Wildman–Crippen MR) is 66.3 cm³/mol. The van der Waals surface area contributed by atoms with E-state index in [0.717, 1.165) is 6.07 Å². The Kier molecular flexibility index (Phi) is 3.62. The summed E-state index contributed by atoms with van der Waals surface area (Å²) in [7, 11) is 1.48. The molecule has 0 saturated heterocycles. The Hall–Kier alpha value is -0.720. The zero-order chi connectivity index (χ0) is 13.5. The third-order valence-corrected chi connectivity index (χ3v) is 3.50. The maximum atomic E-state index is 13.8. The lowest BCUT2D eigenvalue weighted by atomic mass is 9.90. The molecule has 1 N–H and O–H groups in total. The smallest absolute Gasteiger partial charge is 0.201 e. The van der Waals surface area contributed by atoms with Gasteiger partial charge in [-0.05, 0) is 19.9 Å². The van der Waals surface area contributed by atoms with Crippen molar-refractivity contribution >= 4 is 15.9 Å². The summed E-state index contributed by atoms with van der Waals surface area (Å²) in [5.41, 5.74) is 2.72. The predicted octanol–water partition coefficient (Wildman–Crippen LogP) is 3.48. The van der Waals surface area contributed by atoms with Crippen LogP contribution in [0.25, 0.3) is 0 Å². The van der Waals surface area contributed by atoms with Crippen molar-refractivity contribution < 1.29 is 18.4 Å². The quantitative estimate of drug-likeness (QED) is 0.668. The highest BCUT2D eigenvalue weighted by molar-refractivity contribution is 9.10. The number of ether oxygens (including phenoxy) is 1. The first-order valence-electron chi connectivity index (χ1n) is 5.50. The molecular formula is C12H14BrF2NO2. The molecule has 1 unspecified atom stereocenters. The highest BCUT2D eigenvalue weighted by Gasteiger charge is 2.38. The Bertz CT molecular complexity index is 480. The third kappa shape index (κ3) is 2.37. The first-order valence-corrected chi connectivity index (χ1v) is 6.30. The van der Waals surface area contributed by atoms with Gasteiger partial charge < -0.3 is 9.57 Å². The van der Waals surface area contributed by atoms with Gasteiger partial charge in [-0.3, -0.25) is 0 Å². The fourth-order valence-corrected chi connectivity index (χ4v) is 2.82. The molecule has 0 aliphatic carbocycles. The van der Waals surface area contributed by atoms with Gasteiger partial charge in [0.25, 0.3) is 0 Å². The number of hydrogen-bond donors (Lipinski definition) is 1. The fourth-order valence-electron chi connectivity index (χ4n) is 2.17. The lowest BCUT2D eigenvalue weighted by Crippen LogP contribution is -2.40. The minimum atomic E-state index is -0.969. The van der Waals surface area contributed by atoms with E-state index < -0.39 is 17.2 Å². The highest BCUT2D eigenvalue weighted by Crippen LogP contribution is 2.45. The van der Waals surface area contributed by atoms with Crippen LogP contribution in [0.2, 0.25) is 0 Å². The fraction of sp³-hybridized carbons (Fsp3) is 0.500. The SMILES string of the molecule is CONC1CC(C)(C)Oc2c(F)c(F)cc(Br)c21. The monoisotopic (exact) mass is 321 g/mol. The molecular weight excluding hydrogens is 308 g/mol. The van der Waals surface area contributed by atoms with E-state index in [2.05, 4.69) is 21.4 Å². The van der Waals surface area contributed by atoms with Crippen LogP contribution in [0.15, 0.2) is 10.5 Å². The maximum Gasteiger partial charge on any atom is 0.201 e. The molecule has 3 nitrogen and oxygen atoms in total. The topological polar surface area (TPSA) is 30.5 Å². The zero-order valence-electron chi connectivity index (χ0n) is 10.3. The average Bonchev–Trinajstić information content (AvgIpc) is 2.24. The van der Waals surface area contributed by atoms with E-state index in [4.69, 9.17) is 9.57 Å². The molecule has 1 aliphatic heterocycles. The van der Waals surface area contributed by atoms with Crippen molar-refractivity contribution in [2.45, 2.75) is 31.9 Å². The lowest BCUT2D eigenvalue weighted by Gasteiger charge is -2.38. The van der Waals surface area contributed by atoms with Gasteiger partial charge in [-0.15, -0.1) is 0 Å². The summed E-state index contributed by atoms with van der Waals surface area (Å²) < 4.78 is 33.2. The molecule has 0 aromatic heterocycles. The van der Waals surface area contributed by atoms with Crippen molar-refractivity contribution in [3.8, 4) is 5.75 Å². The van der Waals surface area contributed by atoms with Crippen LogP contribution in [-0.4, -0.2) is 12.7 Å². The van der Waals surface area contributed by atoms with Gasteiger partial charge in [-0.25, -0.2) is 4.39 Å². The van der Waals surface area contributed by atoms with Gasteiger partial charge in [-0.2, -0.15) is 9.87 Å². The highest BCUT2D eigenvalue weighted by atomic mass is 79.9. The van der Waals surface area contributed by atoms with Crippen molar-refractivity contribution in [1.82, 2.24) is 5.48 Å². The summed E-state index contributed by atoms with van der Waals surface area (Å²) >= 11 is 3.23. The van der Waals surface area contributed by atoms with Crippen LogP contribution in [0.3, 0.4) is 0 Å². The number of fused-ring (bicyclic) bond motifs is 1. The van der Waals surface area contributed by atoms with Crippen molar-refractivity contribution in [2.75, 3.05) is 7.11 Å². The largest absolute Gasteiger partial charge is 0.484 e. The number of hydroxylamine groups is 1. The Balaban J connectivity index is 2.58. The van der Waals surface area contributed by atoms with E-state index in [1.807, 2.05) is 13.8 Å². The van der Waals surface area contributed by atoms with Gasteiger partial charge in [0.2, 0.25) is 5.82 Å². The molecule has 0 amide bonds. The van der Waals surface area contributed by atoms with Gasteiger partial charge in [-0.1, -0.05) is 15.9 Å². The van der Waals surface area contributed by atoms with Gasteiger partial charge in [0.1, 0.15) is 5.60 Å². The van der Waals surface area contributed by atoms with Crippen molar-refractivity contribution in [2.24, 2.45) is 0 Å². The molecule has 1 aliphatic rings. The van der Waals surface area contributed by atoms with Crippen LogP contribution in [0, 0.1) is 11.6 Å². The van der Waals surface area contributed by atoms with Crippen LogP contribution in [0.5, 0.6) is 5.75 Å². The summed E-state index contributed by atoms with van der Waals surface area (Å²) in [6.45, 7) is 3.64. The normalized spacial score (nSPS) is 21.3. The lowest BCUT2D eigenvalue weighted by molar-refractivity contribution is -0.0000519. The molecule has 0 radical (unpaired) electrons. The van der Waals surface area contributed by atoms with Gasteiger partial charge in [0.15, 0.2) is 11.6 Å². The Labute approximate surface area is 113 Å². The summed E-state index contributed by atoms with van der Waals surface area (Å²) in [5, 5.41) is 0. The number of nitrogens with one attached hydrogen (secondary N) is 1. The van der Waals surface area contributed by atoms with Gasteiger partial charge in [0.05, 0.1) is 13.2 Å². The molecule has 2 rings (SSSR count). The van der Waals surface area contributed by atoms with Crippen LogP contribution < -0.4 is 10.2 Å². The number of halogens is 3. The Morgan fingerprint density at radius 3 is 2.78 bits per heavy atom. The molecule has 1 heterocycles. The molecule has 1 aromatic rings. The van der Waals surface area contributed by atoms with E-state index in [1.165, 1.54) is 7.11 Å². The third-order valence-electron chi connectivity index (χ3n) is 2.85. The van der Waals surface area contributed by atoms with Crippen molar-refractivity contribution in [3.63, 3.8) is 0 Å². The number of rotatable bonds is 2. The first-order chi connectivity index (χ1) is 8.35. The Morgan fingerprint density at radius 2 is 2.17 bits per heavy atom. The minimum Gasteiger partial charge on any atom is -0.484 e. The summed E-state index contributed by atoms with van der Waals surface area (Å²) in [6, 6.07) is 0.832. The first kappa shape index (κ1) is 13.7. The van der Waals surface area contributed by atoms with Crippen molar-refractivity contribution in [3.05, 3.63) is 27.7 Å².